The van der Waals surface area contributed by atoms with Gasteiger partial charge in [0.25, 0.3) is 0 Å². The molecule has 2 heterocycles. The van der Waals surface area contributed by atoms with Crippen LogP contribution >= 0.6 is 0 Å². The van der Waals surface area contributed by atoms with Crippen LogP contribution in [0.4, 0.5) is 0 Å². The molecule has 7 nitrogen and oxygen atoms in total. The highest BCUT2D eigenvalue weighted by molar-refractivity contribution is 5.80. The number of amides is 2. The lowest BCUT2D eigenvalue weighted by Crippen LogP contribution is -2.44. The summed E-state index contributed by atoms with van der Waals surface area (Å²) >= 11 is 0. The van der Waals surface area contributed by atoms with Crippen molar-refractivity contribution in [2.75, 3.05) is 19.6 Å². The normalized spacial score (nSPS) is 18.9. The Bertz CT molecular complexity index is 446. The zero-order valence-corrected chi connectivity index (χ0v) is 11.8. The molecule has 110 valence electrons. The highest BCUT2D eigenvalue weighted by Gasteiger charge is 2.26. The number of hydrogen-bond donors (Lipinski definition) is 1. The van der Waals surface area contributed by atoms with Gasteiger partial charge in [0, 0.05) is 39.3 Å². The van der Waals surface area contributed by atoms with E-state index in [1.165, 1.54) is 0 Å². The number of nitrogens with zero attached hydrogens (tertiary/aromatic N) is 4. The van der Waals surface area contributed by atoms with E-state index in [4.69, 9.17) is 0 Å². The lowest BCUT2D eigenvalue weighted by Gasteiger charge is -2.31. The van der Waals surface area contributed by atoms with Gasteiger partial charge in [-0.2, -0.15) is 0 Å². The van der Waals surface area contributed by atoms with E-state index in [1.54, 1.807) is 28.9 Å². The number of nitrogens with one attached hydrogen (secondary N) is 1. The van der Waals surface area contributed by atoms with Crippen LogP contribution in [-0.4, -0.2) is 51.3 Å². The first kappa shape index (κ1) is 14.5. The second kappa shape index (κ2) is 7.02. The summed E-state index contributed by atoms with van der Waals surface area (Å²) in [5.74, 6) is 0.0299. The minimum Gasteiger partial charge on any atom is -0.356 e. The Morgan fingerprint density at radius 1 is 1.45 bits per heavy atom. The van der Waals surface area contributed by atoms with Crippen LogP contribution in [0.1, 0.15) is 26.2 Å². The molecule has 2 rings (SSSR count). The van der Waals surface area contributed by atoms with E-state index in [1.807, 2.05) is 0 Å². The van der Waals surface area contributed by atoms with E-state index < -0.39 is 0 Å². The first-order chi connectivity index (χ1) is 9.66. The topological polar surface area (TPSA) is 80.1 Å². The van der Waals surface area contributed by atoms with E-state index in [0.717, 1.165) is 32.4 Å². The number of carbonyl (C=O) groups excluding carboxylic acids is 2. The molecular weight excluding hydrogens is 258 g/mol. The smallest absolute Gasteiger partial charge is 0.224 e. The van der Waals surface area contributed by atoms with Crippen LogP contribution in [0, 0.1) is 5.92 Å². The number of likely N-dealkylation sites (tertiary alicyclic amines) is 1. The largest absolute Gasteiger partial charge is 0.356 e. The first-order valence-corrected chi connectivity index (χ1v) is 7.04. The van der Waals surface area contributed by atoms with E-state index in [-0.39, 0.29) is 17.7 Å². The van der Waals surface area contributed by atoms with Crippen molar-refractivity contribution in [2.24, 2.45) is 5.92 Å². The lowest BCUT2D eigenvalue weighted by atomic mass is 9.97. The van der Waals surface area contributed by atoms with Crippen LogP contribution in [0.3, 0.4) is 0 Å². The third kappa shape index (κ3) is 4.04. The molecule has 0 aliphatic carbocycles. The van der Waals surface area contributed by atoms with Crippen molar-refractivity contribution in [3.8, 4) is 0 Å². The summed E-state index contributed by atoms with van der Waals surface area (Å²) in [5.41, 5.74) is 0. The summed E-state index contributed by atoms with van der Waals surface area (Å²) in [6.07, 6.45) is 6.01. The van der Waals surface area contributed by atoms with Gasteiger partial charge in [-0.15, -0.1) is 5.10 Å². The fourth-order valence-corrected chi connectivity index (χ4v) is 2.43. The van der Waals surface area contributed by atoms with Crippen molar-refractivity contribution in [3.63, 3.8) is 0 Å². The van der Waals surface area contributed by atoms with Crippen LogP contribution in [0.25, 0.3) is 0 Å². The van der Waals surface area contributed by atoms with Crippen molar-refractivity contribution < 1.29 is 9.59 Å². The van der Waals surface area contributed by atoms with E-state index >= 15 is 0 Å². The van der Waals surface area contributed by atoms with Crippen molar-refractivity contribution in [2.45, 2.75) is 32.7 Å². The summed E-state index contributed by atoms with van der Waals surface area (Å²) < 4.78 is 1.74. The molecule has 1 atom stereocenters. The Labute approximate surface area is 118 Å². The average molecular weight is 279 g/mol. The van der Waals surface area contributed by atoms with Gasteiger partial charge in [-0.1, -0.05) is 5.21 Å². The second-order valence-corrected chi connectivity index (χ2v) is 5.11. The Morgan fingerprint density at radius 2 is 2.30 bits per heavy atom. The number of aromatic nitrogens is 3. The molecule has 0 unspecified atom stereocenters. The molecular formula is C13H21N5O2. The van der Waals surface area contributed by atoms with Crippen LogP contribution in [0.5, 0.6) is 0 Å². The number of piperidine rings is 1. The fourth-order valence-electron chi connectivity index (χ4n) is 2.43. The minimum atomic E-state index is -0.0704. The maximum atomic E-state index is 12.0. The molecule has 1 saturated heterocycles. The maximum Gasteiger partial charge on any atom is 0.224 e. The van der Waals surface area contributed by atoms with Gasteiger partial charge in [0.15, 0.2) is 0 Å². The Balaban J connectivity index is 1.67. The standard InChI is InChI=1S/C13H21N5O2/c1-11(19)17-7-2-4-12(10-17)13(20)14-5-3-8-18-9-6-15-16-18/h6,9,12H,2-5,7-8,10H2,1H3,(H,14,20)/t12-/m1/s1. The van der Waals surface area contributed by atoms with Crippen LogP contribution in [0.15, 0.2) is 12.4 Å². The van der Waals surface area contributed by atoms with Gasteiger partial charge in [-0.3, -0.25) is 14.3 Å². The van der Waals surface area contributed by atoms with Crippen molar-refractivity contribution in [3.05, 3.63) is 12.4 Å². The van der Waals surface area contributed by atoms with Crippen molar-refractivity contribution in [1.29, 1.82) is 0 Å². The van der Waals surface area contributed by atoms with Gasteiger partial charge >= 0.3 is 0 Å². The Hall–Kier alpha value is -1.92. The van der Waals surface area contributed by atoms with Crippen LogP contribution in [-0.2, 0) is 16.1 Å². The Morgan fingerprint density at radius 3 is 3.00 bits per heavy atom. The Kier molecular flexibility index (Phi) is 5.09. The van der Waals surface area contributed by atoms with E-state index in [9.17, 15) is 9.59 Å². The third-order valence-corrected chi connectivity index (χ3v) is 3.57. The molecule has 0 spiro atoms. The highest BCUT2D eigenvalue weighted by Crippen LogP contribution is 2.16. The summed E-state index contributed by atoms with van der Waals surface area (Å²) in [4.78, 5) is 25.1. The summed E-state index contributed by atoms with van der Waals surface area (Å²) in [6.45, 7) is 4.23. The molecule has 0 aromatic carbocycles. The SMILES string of the molecule is CC(=O)N1CCC[C@@H](C(=O)NCCCn2ccnn2)C1. The lowest BCUT2D eigenvalue weighted by molar-refractivity contribution is -0.133. The molecule has 1 aliphatic heterocycles. The number of aryl methyl sites for hydroxylation is 1. The van der Waals surface area contributed by atoms with Gasteiger partial charge in [-0.05, 0) is 19.3 Å². The zero-order valence-electron chi connectivity index (χ0n) is 11.8. The molecule has 1 fully saturated rings. The van der Waals surface area contributed by atoms with E-state index in [0.29, 0.717) is 13.1 Å². The summed E-state index contributed by atoms with van der Waals surface area (Å²) in [5, 5.41) is 10.5. The summed E-state index contributed by atoms with van der Waals surface area (Å²) in [7, 11) is 0. The molecule has 0 bridgehead atoms. The van der Waals surface area contributed by atoms with Crippen molar-refractivity contribution >= 4 is 11.8 Å². The monoisotopic (exact) mass is 279 g/mol. The van der Waals surface area contributed by atoms with Gasteiger partial charge < -0.3 is 10.2 Å². The number of hydrogen-bond acceptors (Lipinski definition) is 4. The third-order valence-electron chi connectivity index (χ3n) is 3.57. The number of carbonyl (C=O) groups is 2. The molecule has 1 N–H and O–H groups in total. The molecule has 2 amide bonds. The quantitative estimate of drug-likeness (QED) is 0.772. The predicted molar refractivity (Wildman–Crippen MR) is 72.6 cm³/mol. The highest BCUT2D eigenvalue weighted by atomic mass is 16.2. The predicted octanol–water partition coefficient (Wildman–Crippen LogP) is 0.0429. The average Bonchev–Trinajstić information content (AvgIpc) is 2.96. The molecule has 7 heteroatoms. The van der Waals surface area contributed by atoms with Crippen LogP contribution in [0.2, 0.25) is 0 Å². The van der Waals surface area contributed by atoms with Gasteiger partial charge in [0.1, 0.15) is 0 Å². The molecule has 0 radical (unpaired) electrons. The number of rotatable bonds is 5. The molecule has 20 heavy (non-hydrogen) atoms. The molecule has 1 aliphatic rings. The van der Waals surface area contributed by atoms with Gasteiger partial charge in [0.05, 0.1) is 12.1 Å². The fraction of sp³-hybridized carbons (Fsp3) is 0.692. The molecule has 1 aromatic rings. The van der Waals surface area contributed by atoms with Gasteiger partial charge in [0.2, 0.25) is 11.8 Å². The maximum absolute atomic E-state index is 12.0. The summed E-state index contributed by atoms with van der Waals surface area (Å²) in [6, 6.07) is 0. The van der Waals surface area contributed by atoms with Crippen LogP contribution < -0.4 is 5.32 Å². The van der Waals surface area contributed by atoms with E-state index in [2.05, 4.69) is 15.6 Å². The zero-order chi connectivity index (χ0) is 14.4. The van der Waals surface area contributed by atoms with Crippen molar-refractivity contribution in [1.82, 2.24) is 25.2 Å². The molecule has 1 aromatic heterocycles. The van der Waals surface area contributed by atoms with Gasteiger partial charge in [-0.25, -0.2) is 0 Å². The second-order valence-electron chi connectivity index (χ2n) is 5.11. The molecule has 0 saturated carbocycles. The first-order valence-electron chi connectivity index (χ1n) is 7.04. The minimum absolute atomic E-state index is 0.0497.